The van der Waals surface area contributed by atoms with Gasteiger partial charge >= 0.3 is 0 Å². The smallest absolute Gasteiger partial charge is 0.263 e. The van der Waals surface area contributed by atoms with Gasteiger partial charge < -0.3 is 15.8 Å². The molecule has 3 N–H and O–H groups in total. The molecule has 0 fully saturated rings. The lowest BCUT2D eigenvalue weighted by Gasteiger charge is -2.15. The van der Waals surface area contributed by atoms with Crippen LogP contribution in [0.1, 0.15) is 42.8 Å². The number of nitrogens with two attached hydrogens (primary N) is 1. The van der Waals surface area contributed by atoms with Gasteiger partial charge in [-0.1, -0.05) is 26.3 Å². The summed E-state index contributed by atoms with van der Waals surface area (Å²) in [6.45, 7) is 4.20. The highest BCUT2D eigenvalue weighted by atomic mass is 32.1. The average Bonchev–Trinajstić information content (AvgIpc) is 2.84. The van der Waals surface area contributed by atoms with Crippen LogP contribution in [0.4, 0.5) is 5.69 Å². The first-order chi connectivity index (χ1) is 10.1. The second-order valence-electron chi connectivity index (χ2n) is 5.05. The molecule has 0 saturated heterocycles. The Labute approximate surface area is 129 Å². The lowest BCUT2D eigenvalue weighted by molar-refractivity contribution is 0.0938. The van der Waals surface area contributed by atoms with Gasteiger partial charge in [0.05, 0.1) is 18.2 Å². The Hall–Kier alpha value is -1.75. The molecule has 0 aliphatic carbocycles. The van der Waals surface area contributed by atoms with E-state index >= 15 is 0 Å². The molecule has 0 spiro atoms. The van der Waals surface area contributed by atoms with Crippen LogP contribution in [-0.2, 0) is 0 Å². The summed E-state index contributed by atoms with van der Waals surface area (Å²) < 4.78 is 6.31. The molecule has 4 nitrogen and oxygen atoms in total. The number of thiophene rings is 1. The normalized spacial score (nSPS) is 12.3. The van der Waals surface area contributed by atoms with Crippen LogP contribution in [0.5, 0.6) is 5.75 Å². The van der Waals surface area contributed by atoms with Crippen molar-refractivity contribution < 1.29 is 9.53 Å². The van der Waals surface area contributed by atoms with Crippen LogP contribution < -0.4 is 15.8 Å². The molecule has 1 amide bonds. The molecule has 0 saturated carbocycles. The summed E-state index contributed by atoms with van der Waals surface area (Å²) in [7, 11) is 1.61. The third-order valence-electron chi connectivity index (χ3n) is 3.61. The minimum Gasteiger partial charge on any atom is -0.496 e. The predicted octanol–water partition coefficient (Wildman–Crippen LogP) is 3.80. The highest BCUT2D eigenvalue weighted by molar-refractivity contribution is 7.21. The highest BCUT2D eigenvalue weighted by Crippen LogP contribution is 2.39. The van der Waals surface area contributed by atoms with Gasteiger partial charge in [0.2, 0.25) is 0 Å². The van der Waals surface area contributed by atoms with Crippen LogP contribution in [0.25, 0.3) is 10.1 Å². The SMILES string of the molecule is CCCC(CC)NC(=O)c1sc2cccc(OC)c2c1N. The Morgan fingerprint density at radius 2 is 2.19 bits per heavy atom. The van der Waals surface area contributed by atoms with E-state index < -0.39 is 0 Å². The van der Waals surface area contributed by atoms with Crippen molar-refractivity contribution in [3.8, 4) is 5.75 Å². The summed E-state index contributed by atoms with van der Waals surface area (Å²) in [4.78, 5) is 13.0. The van der Waals surface area contributed by atoms with Gasteiger partial charge in [-0.15, -0.1) is 11.3 Å². The van der Waals surface area contributed by atoms with Crippen molar-refractivity contribution in [1.29, 1.82) is 0 Å². The Kier molecular flexibility index (Phi) is 5.07. The summed E-state index contributed by atoms with van der Waals surface area (Å²) in [5.74, 6) is 0.622. The number of anilines is 1. The van der Waals surface area contributed by atoms with E-state index in [1.165, 1.54) is 11.3 Å². The number of benzene rings is 1. The van der Waals surface area contributed by atoms with E-state index in [1.54, 1.807) is 7.11 Å². The second-order valence-corrected chi connectivity index (χ2v) is 6.10. The minimum absolute atomic E-state index is 0.0870. The van der Waals surface area contributed by atoms with Crippen molar-refractivity contribution >= 4 is 33.0 Å². The maximum Gasteiger partial charge on any atom is 0.263 e. The van der Waals surface area contributed by atoms with E-state index in [9.17, 15) is 4.79 Å². The van der Waals surface area contributed by atoms with Crippen LogP contribution in [-0.4, -0.2) is 19.1 Å². The molecule has 1 atom stereocenters. The van der Waals surface area contributed by atoms with Crippen LogP contribution >= 0.6 is 11.3 Å². The molecule has 1 unspecified atom stereocenters. The van der Waals surface area contributed by atoms with Crippen molar-refractivity contribution in [3.63, 3.8) is 0 Å². The second kappa shape index (κ2) is 6.80. The first-order valence-electron chi connectivity index (χ1n) is 7.28. The molecule has 1 heterocycles. The van der Waals surface area contributed by atoms with Gasteiger partial charge in [0.1, 0.15) is 10.6 Å². The third-order valence-corrected chi connectivity index (χ3v) is 4.77. The average molecular weight is 306 g/mol. The number of nitrogens with one attached hydrogen (secondary N) is 1. The highest BCUT2D eigenvalue weighted by Gasteiger charge is 2.20. The van der Waals surface area contributed by atoms with Crippen molar-refractivity contribution in [2.24, 2.45) is 0 Å². The maximum atomic E-state index is 12.5. The molecule has 0 aliphatic heterocycles. The lowest BCUT2D eigenvalue weighted by atomic mass is 10.1. The van der Waals surface area contributed by atoms with E-state index in [0.29, 0.717) is 16.3 Å². The molecule has 1 aromatic carbocycles. The molecule has 114 valence electrons. The Balaban J connectivity index is 2.34. The van der Waals surface area contributed by atoms with Crippen molar-refractivity contribution in [2.45, 2.75) is 39.2 Å². The van der Waals surface area contributed by atoms with Gasteiger partial charge in [-0.2, -0.15) is 0 Å². The maximum absolute atomic E-state index is 12.5. The Bertz CT molecular complexity index is 636. The van der Waals surface area contributed by atoms with Crippen LogP contribution in [0.15, 0.2) is 18.2 Å². The first-order valence-corrected chi connectivity index (χ1v) is 8.09. The number of ether oxygens (including phenoxy) is 1. The zero-order valence-corrected chi connectivity index (χ0v) is 13.5. The molecule has 2 rings (SSSR count). The molecule has 0 radical (unpaired) electrons. The molecule has 2 aromatic rings. The zero-order chi connectivity index (χ0) is 15.4. The number of carbonyl (C=O) groups is 1. The summed E-state index contributed by atoms with van der Waals surface area (Å²) in [6.07, 6.45) is 2.96. The van der Waals surface area contributed by atoms with Gasteiger partial charge in [-0.3, -0.25) is 4.79 Å². The van der Waals surface area contributed by atoms with Crippen molar-refractivity contribution in [3.05, 3.63) is 23.1 Å². The van der Waals surface area contributed by atoms with Crippen LogP contribution in [0.2, 0.25) is 0 Å². The number of amides is 1. The quantitative estimate of drug-likeness (QED) is 0.853. The standard InChI is InChI=1S/C16H22N2O2S/c1-4-7-10(5-2)18-16(19)15-14(17)13-11(20-3)8-6-9-12(13)21-15/h6,8-10H,4-5,7,17H2,1-3H3,(H,18,19). The number of rotatable bonds is 6. The number of hydrogen-bond acceptors (Lipinski definition) is 4. The molecule has 21 heavy (non-hydrogen) atoms. The van der Waals surface area contributed by atoms with Crippen LogP contribution in [0.3, 0.4) is 0 Å². The molecule has 1 aromatic heterocycles. The summed E-state index contributed by atoms with van der Waals surface area (Å²) in [6, 6.07) is 5.93. The monoisotopic (exact) mass is 306 g/mol. The van der Waals surface area contributed by atoms with E-state index in [1.807, 2.05) is 18.2 Å². The van der Waals surface area contributed by atoms with Gasteiger partial charge in [0, 0.05) is 10.7 Å². The third kappa shape index (κ3) is 3.13. The van der Waals surface area contributed by atoms with Gasteiger partial charge in [-0.25, -0.2) is 0 Å². The fourth-order valence-electron chi connectivity index (χ4n) is 2.46. The van der Waals surface area contributed by atoms with Gasteiger partial charge in [0.15, 0.2) is 0 Å². The molecular weight excluding hydrogens is 284 g/mol. The largest absolute Gasteiger partial charge is 0.496 e. The Morgan fingerprint density at radius 1 is 1.43 bits per heavy atom. The first kappa shape index (κ1) is 15.6. The number of carbonyl (C=O) groups excluding carboxylic acids is 1. The van der Waals surface area contributed by atoms with E-state index in [2.05, 4.69) is 19.2 Å². The molecule has 0 aliphatic rings. The molecular formula is C16H22N2O2S. The number of fused-ring (bicyclic) bond motifs is 1. The topological polar surface area (TPSA) is 64.3 Å². The summed E-state index contributed by atoms with van der Waals surface area (Å²) in [5, 5.41) is 3.91. The van der Waals surface area contributed by atoms with Crippen molar-refractivity contribution in [1.82, 2.24) is 5.32 Å². The minimum atomic E-state index is -0.0870. The number of hydrogen-bond donors (Lipinski definition) is 2. The van der Waals surface area contributed by atoms with Gasteiger partial charge in [-0.05, 0) is 25.0 Å². The lowest BCUT2D eigenvalue weighted by Crippen LogP contribution is -2.34. The molecule has 0 bridgehead atoms. The van der Waals surface area contributed by atoms with Crippen LogP contribution in [0, 0.1) is 0 Å². The van der Waals surface area contributed by atoms with E-state index in [-0.39, 0.29) is 11.9 Å². The predicted molar refractivity (Wildman–Crippen MR) is 89.2 cm³/mol. The molecule has 5 heteroatoms. The number of nitrogen functional groups attached to an aromatic ring is 1. The fraction of sp³-hybridized carbons (Fsp3) is 0.438. The van der Waals surface area contributed by atoms with Crippen molar-refractivity contribution in [2.75, 3.05) is 12.8 Å². The fourth-order valence-corrected chi connectivity index (χ4v) is 3.50. The van der Waals surface area contributed by atoms with Gasteiger partial charge in [0.25, 0.3) is 5.91 Å². The summed E-state index contributed by atoms with van der Waals surface area (Å²) in [5.41, 5.74) is 6.69. The zero-order valence-electron chi connectivity index (χ0n) is 12.7. The van der Waals surface area contributed by atoms with E-state index in [4.69, 9.17) is 10.5 Å². The summed E-state index contributed by atoms with van der Waals surface area (Å²) >= 11 is 1.42. The van der Waals surface area contributed by atoms with E-state index in [0.717, 1.165) is 29.3 Å². The number of methoxy groups -OCH3 is 1. The Morgan fingerprint density at radius 3 is 2.81 bits per heavy atom.